The molecule has 0 saturated carbocycles. The number of phenols is 1. The quantitative estimate of drug-likeness (QED) is 0.377. The second-order valence-electron chi connectivity index (χ2n) is 5.82. The van der Waals surface area contributed by atoms with Crippen molar-refractivity contribution in [2.75, 3.05) is 0 Å². The number of nitrogens with zero attached hydrogens (tertiary/aromatic N) is 2. The Balaban J connectivity index is 1.73. The van der Waals surface area contributed by atoms with Crippen LogP contribution in [-0.4, -0.2) is 22.2 Å². The lowest BCUT2D eigenvalue weighted by molar-refractivity contribution is -0.384. The van der Waals surface area contributed by atoms with Crippen LogP contribution in [0.5, 0.6) is 5.75 Å². The summed E-state index contributed by atoms with van der Waals surface area (Å²) in [5, 5.41) is 24.8. The minimum atomic E-state index is -0.796. The van der Waals surface area contributed by atoms with E-state index < -0.39 is 16.6 Å². The van der Waals surface area contributed by atoms with Crippen LogP contribution in [0.15, 0.2) is 58.0 Å². The van der Waals surface area contributed by atoms with Gasteiger partial charge in [-0.25, -0.2) is 5.43 Å². The molecular weight excluding hydrogens is 386 g/mol. The molecule has 142 valence electrons. The van der Waals surface area contributed by atoms with Gasteiger partial charge in [0.15, 0.2) is 0 Å². The first-order valence-electron chi connectivity index (χ1n) is 8.02. The smallest absolute Gasteiger partial charge is 0.275 e. The van der Waals surface area contributed by atoms with E-state index in [1.165, 1.54) is 6.21 Å². The minimum absolute atomic E-state index is 0.263. The molecule has 1 heterocycles. The van der Waals surface area contributed by atoms with Crippen molar-refractivity contribution in [2.45, 2.75) is 6.92 Å². The number of benzene rings is 2. The second kappa shape index (κ2) is 7.93. The summed E-state index contributed by atoms with van der Waals surface area (Å²) in [6, 6.07) is 12.0. The lowest BCUT2D eigenvalue weighted by atomic mass is 10.1. The predicted octanol–water partition coefficient (Wildman–Crippen LogP) is 4.29. The van der Waals surface area contributed by atoms with Gasteiger partial charge in [-0.1, -0.05) is 17.7 Å². The summed E-state index contributed by atoms with van der Waals surface area (Å²) in [6.07, 6.45) is 1.27. The minimum Gasteiger partial charge on any atom is -0.507 e. The van der Waals surface area contributed by atoms with Crippen molar-refractivity contribution >= 4 is 29.4 Å². The Labute approximate surface area is 164 Å². The van der Waals surface area contributed by atoms with Crippen LogP contribution in [0.3, 0.4) is 0 Å². The van der Waals surface area contributed by atoms with Gasteiger partial charge in [0.25, 0.3) is 11.6 Å². The van der Waals surface area contributed by atoms with Crippen molar-refractivity contribution < 1.29 is 19.2 Å². The number of nitrogens with one attached hydrogen (secondary N) is 1. The van der Waals surface area contributed by atoms with Crippen LogP contribution < -0.4 is 5.43 Å². The van der Waals surface area contributed by atoms with Gasteiger partial charge in [-0.2, -0.15) is 5.10 Å². The molecule has 3 rings (SSSR count). The summed E-state index contributed by atoms with van der Waals surface area (Å²) >= 11 is 6.02. The van der Waals surface area contributed by atoms with Gasteiger partial charge in [0.1, 0.15) is 17.3 Å². The highest BCUT2D eigenvalue weighted by molar-refractivity contribution is 6.30. The standard InChI is InChI=1S/C19H14ClN3O5/c1-11-2-3-12(20)8-15(11)18-7-5-14(28-18)10-21-22-19(25)16-9-13(23(26)27)4-6-17(16)24/h2-10,24H,1H3,(H,22,25)/b21-10+. The fourth-order valence-corrected chi connectivity index (χ4v) is 2.63. The van der Waals surface area contributed by atoms with E-state index in [1.54, 1.807) is 24.3 Å². The van der Waals surface area contributed by atoms with Crippen LogP contribution in [0.25, 0.3) is 11.3 Å². The second-order valence-corrected chi connectivity index (χ2v) is 6.26. The average molecular weight is 400 g/mol. The number of carbonyl (C=O) groups excluding carboxylic acids is 1. The van der Waals surface area contributed by atoms with E-state index >= 15 is 0 Å². The van der Waals surface area contributed by atoms with Gasteiger partial charge < -0.3 is 9.52 Å². The van der Waals surface area contributed by atoms with E-state index in [4.69, 9.17) is 16.0 Å². The Hall–Kier alpha value is -3.65. The number of furan rings is 1. The number of rotatable bonds is 5. The molecule has 0 aliphatic heterocycles. The van der Waals surface area contributed by atoms with E-state index in [1.807, 2.05) is 13.0 Å². The van der Waals surface area contributed by atoms with Gasteiger partial charge >= 0.3 is 0 Å². The maximum absolute atomic E-state index is 12.1. The Morgan fingerprint density at radius 3 is 2.79 bits per heavy atom. The fourth-order valence-electron chi connectivity index (χ4n) is 2.46. The van der Waals surface area contributed by atoms with Crippen molar-refractivity contribution in [2.24, 2.45) is 5.10 Å². The van der Waals surface area contributed by atoms with Crippen molar-refractivity contribution in [3.05, 3.63) is 80.6 Å². The number of aryl methyl sites for hydroxylation is 1. The Morgan fingerprint density at radius 1 is 1.25 bits per heavy atom. The number of carbonyl (C=O) groups is 1. The fraction of sp³-hybridized carbons (Fsp3) is 0.0526. The molecule has 2 aromatic carbocycles. The third-order valence-corrected chi connectivity index (χ3v) is 4.12. The number of amides is 1. The SMILES string of the molecule is Cc1ccc(Cl)cc1-c1ccc(/C=N/NC(=O)c2cc([N+](=O)[O-])ccc2O)o1. The topological polar surface area (TPSA) is 118 Å². The van der Waals surface area contributed by atoms with Gasteiger partial charge in [0.2, 0.25) is 0 Å². The maximum Gasteiger partial charge on any atom is 0.275 e. The molecule has 1 aromatic heterocycles. The van der Waals surface area contributed by atoms with E-state index in [-0.39, 0.29) is 11.3 Å². The van der Waals surface area contributed by atoms with Gasteiger partial charge in [0, 0.05) is 22.7 Å². The van der Waals surface area contributed by atoms with Crippen molar-refractivity contribution in [3.8, 4) is 17.1 Å². The van der Waals surface area contributed by atoms with E-state index in [0.29, 0.717) is 16.5 Å². The molecule has 3 aromatic rings. The highest BCUT2D eigenvalue weighted by atomic mass is 35.5. The molecule has 0 saturated heterocycles. The number of hydrogen-bond acceptors (Lipinski definition) is 6. The molecule has 9 heteroatoms. The largest absolute Gasteiger partial charge is 0.507 e. The monoisotopic (exact) mass is 399 g/mol. The Bertz CT molecular complexity index is 1090. The summed E-state index contributed by atoms with van der Waals surface area (Å²) in [6.45, 7) is 1.92. The van der Waals surface area contributed by atoms with Crippen LogP contribution in [0, 0.1) is 17.0 Å². The van der Waals surface area contributed by atoms with E-state index in [9.17, 15) is 20.0 Å². The number of nitro groups is 1. The molecular formula is C19H14ClN3O5. The zero-order valence-electron chi connectivity index (χ0n) is 14.5. The van der Waals surface area contributed by atoms with Crippen LogP contribution in [-0.2, 0) is 0 Å². The highest BCUT2D eigenvalue weighted by Crippen LogP contribution is 2.28. The van der Waals surface area contributed by atoms with Crippen LogP contribution in [0.1, 0.15) is 21.7 Å². The van der Waals surface area contributed by atoms with Crippen LogP contribution in [0.4, 0.5) is 5.69 Å². The zero-order chi connectivity index (χ0) is 20.3. The predicted molar refractivity (Wildman–Crippen MR) is 104 cm³/mol. The molecule has 0 radical (unpaired) electrons. The highest BCUT2D eigenvalue weighted by Gasteiger charge is 2.16. The van der Waals surface area contributed by atoms with Gasteiger partial charge in [-0.05, 0) is 42.8 Å². The summed E-state index contributed by atoms with van der Waals surface area (Å²) < 4.78 is 5.67. The molecule has 0 unspecified atom stereocenters. The molecule has 0 aliphatic rings. The first kappa shape index (κ1) is 19.1. The molecule has 0 fully saturated rings. The molecule has 1 amide bonds. The summed E-state index contributed by atoms with van der Waals surface area (Å²) in [4.78, 5) is 22.2. The zero-order valence-corrected chi connectivity index (χ0v) is 15.3. The third-order valence-electron chi connectivity index (χ3n) is 3.89. The molecule has 28 heavy (non-hydrogen) atoms. The lowest BCUT2D eigenvalue weighted by Crippen LogP contribution is -2.17. The number of nitro benzene ring substituents is 1. The number of halogens is 1. The van der Waals surface area contributed by atoms with Gasteiger partial charge in [-0.3, -0.25) is 14.9 Å². The average Bonchev–Trinajstić information content (AvgIpc) is 3.12. The number of phenolic OH excluding ortho intramolecular Hbond substituents is 1. The summed E-state index contributed by atoms with van der Waals surface area (Å²) in [5.41, 5.74) is 3.42. The van der Waals surface area contributed by atoms with E-state index in [0.717, 1.165) is 29.3 Å². The summed E-state index contributed by atoms with van der Waals surface area (Å²) in [5.74, 6) is -0.230. The number of hydrazone groups is 1. The van der Waals surface area contributed by atoms with E-state index in [2.05, 4.69) is 10.5 Å². The Morgan fingerprint density at radius 2 is 2.04 bits per heavy atom. The third kappa shape index (κ3) is 4.18. The maximum atomic E-state index is 12.1. The first-order chi connectivity index (χ1) is 13.3. The first-order valence-corrected chi connectivity index (χ1v) is 8.40. The molecule has 0 aliphatic carbocycles. The van der Waals surface area contributed by atoms with Gasteiger partial charge in [0.05, 0.1) is 16.7 Å². The van der Waals surface area contributed by atoms with Crippen molar-refractivity contribution in [1.29, 1.82) is 0 Å². The normalized spacial score (nSPS) is 10.9. The van der Waals surface area contributed by atoms with Gasteiger partial charge in [-0.15, -0.1) is 0 Å². The lowest BCUT2D eigenvalue weighted by Gasteiger charge is -2.03. The molecule has 0 bridgehead atoms. The van der Waals surface area contributed by atoms with Crippen LogP contribution in [0.2, 0.25) is 5.02 Å². The van der Waals surface area contributed by atoms with Crippen LogP contribution >= 0.6 is 11.6 Å². The molecule has 0 spiro atoms. The molecule has 8 nitrogen and oxygen atoms in total. The van der Waals surface area contributed by atoms with Crippen molar-refractivity contribution in [1.82, 2.24) is 5.43 Å². The Kier molecular flexibility index (Phi) is 5.42. The molecule has 2 N–H and O–H groups in total. The summed E-state index contributed by atoms with van der Waals surface area (Å²) in [7, 11) is 0. The molecule has 0 atom stereocenters. The number of aromatic hydroxyl groups is 1. The number of non-ortho nitro benzene ring substituents is 1. The number of hydrogen-bond donors (Lipinski definition) is 2. The van der Waals surface area contributed by atoms with Crippen molar-refractivity contribution in [3.63, 3.8) is 0 Å².